The minimum Gasteiger partial charge on any atom is -0.375 e. The van der Waals surface area contributed by atoms with E-state index in [9.17, 15) is 10.1 Å². The van der Waals surface area contributed by atoms with Crippen molar-refractivity contribution in [2.75, 3.05) is 11.9 Å². The molecule has 0 saturated carbocycles. The number of aryl methyl sites for hydroxylation is 1. The van der Waals surface area contributed by atoms with Crippen LogP contribution < -0.4 is 11.1 Å². The summed E-state index contributed by atoms with van der Waals surface area (Å²) in [6, 6.07) is 1.60. The highest BCUT2D eigenvalue weighted by Crippen LogP contribution is 2.34. The van der Waals surface area contributed by atoms with Gasteiger partial charge in [0.1, 0.15) is 0 Å². The fraction of sp³-hybridized carbons (Fsp3) is 0.455. The van der Waals surface area contributed by atoms with E-state index in [-0.39, 0.29) is 10.6 Å². The standard InChI is InChI=1S/C11H17N3O2/c1-4-5-13-11-9(14(15)16)6-7(2)8(3)10(11)12/h6,13H,4-5,12H2,1-3H3/p+1. The number of nitrogens with one attached hydrogen (secondary N) is 1. The highest BCUT2D eigenvalue weighted by molar-refractivity contribution is 5.76. The molecule has 0 aromatic heterocycles. The maximum Gasteiger partial charge on any atom is 0.298 e. The molecule has 0 atom stereocenters. The zero-order valence-electron chi connectivity index (χ0n) is 9.96. The summed E-state index contributed by atoms with van der Waals surface area (Å²) in [7, 11) is 0. The molecule has 5 heteroatoms. The maximum atomic E-state index is 10.9. The predicted octanol–water partition coefficient (Wildman–Crippen LogP) is 1.91. The van der Waals surface area contributed by atoms with Crippen LogP contribution in [0.2, 0.25) is 0 Å². The molecule has 5 nitrogen and oxygen atoms in total. The van der Waals surface area contributed by atoms with Crippen molar-refractivity contribution in [2.24, 2.45) is 0 Å². The van der Waals surface area contributed by atoms with E-state index in [1.54, 1.807) is 6.07 Å². The Bertz CT molecular complexity index is 416. The molecule has 0 aliphatic rings. The van der Waals surface area contributed by atoms with Crippen LogP contribution in [0.25, 0.3) is 0 Å². The van der Waals surface area contributed by atoms with Crippen molar-refractivity contribution in [3.05, 3.63) is 27.3 Å². The first kappa shape index (κ1) is 12.4. The van der Waals surface area contributed by atoms with Crippen LogP contribution in [0, 0.1) is 24.0 Å². The van der Waals surface area contributed by atoms with Crippen LogP contribution >= 0.6 is 0 Å². The molecular weight excluding hydrogens is 206 g/mol. The van der Waals surface area contributed by atoms with Gasteiger partial charge in [-0.1, -0.05) is 6.92 Å². The van der Waals surface area contributed by atoms with Crippen molar-refractivity contribution in [3.63, 3.8) is 0 Å². The van der Waals surface area contributed by atoms with E-state index in [2.05, 4.69) is 11.1 Å². The second-order valence-electron chi connectivity index (χ2n) is 3.88. The molecule has 0 amide bonds. The molecule has 0 radical (unpaired) electrons. The van der Waals surface area contributed by atoms with Gasteiger partial charge in [-0.25, -0.2) is 0 Å². The normalized spacial score (nSPS) is 10.2. The molecule has 1 rings (SSSR count). The molecule has 16 heavy (non-hydrogen) atoms. The molecule has 4 N–H and O–H groups in total. The maximum absolute atomic E-state index is 10.9. The second-order valence-corrected chi connectivity index (χ2v) is 3.88. The van der Waals surface area contributed by atoms with Gasteiger partial charge in [0.15, 0.2) is 11.4 Å². The molecule has 0 bridgehead atoms. The third-order valence-electron chi connectivity index (χ3n) is 2.70. The molecule has 1 aromatic rings. The SMILES string of the molecule is CCCNc1c([N+](=O)[O-])cc(C)c(C)c1[NH3+]. The summed E-state index contributed by atoms with van der Waals surface area (Å²) in [5.41, 5.74) is 7.20. The monoisotopic (exact) mass is 224 g/mol. The molecule has 0 fully saturated rings. The van der Waals surface area contributed by atoms with Crippen molar-refractivity contribution in [1.82, 2.24) is 0 Å². The average molecular weight is 224 g/mol. The van der Waals surface area contributed by atoms with E-state index in [1.807, 2.05) is 20.8 Å². The summed E-state index contributed by atoms with van der Waals surface area (Å²) in [5, 5.41) is 14.0. The van der Waals surface area contributed by atoms with E-state index in [0.29, 0.717) is 12.2 Å². The molecule has 0 saturated heterocycles. The minimum absolute atomic E-state index is 0.113. The van der Waals surface area contributed by atoms with Crippen molar-refractivity contribution in [2.45, 2.75) is 27.2 Å². The lowest BCUT2D eigenvalue weighted by molar-refractivity contribution is -0.384. The number of nitro benzene ring substituents is 1. The van der Waals surface area contributed by atoms with Crippen LogP contribution in [0.3, 0.4) is 0 Å². The average Bonchev–Trinajstić information content (AvgIpc) is 2.24. The van der Waals surface area contributed by atoms with Crippen LogP contribution in [0.15, 0.2) is 6.07 Å². The van der Waals surface area contributed by atoms with Gasteiger partial charge in [-0.15, -0.1) is 0 Å². The fourth-order valence-electron chi connectivity index (χ4n) is 1.56. The van der Waals surface area contributed by atoms with E-state index >= 15 is 0 Å². The molecule has 88 valence electrons. The third-order valence-corrected chi connectivity index (χ3v) is 2.70. The third kappa shape index (κ3) is 2.30. The Morgan fingerprint density at radius 3 is 2.62 bits per heavy atom. The molecule has 0 aliphatic carbocycles. The van der Waals surface area contributed by atoms with Crippen molar-refractivity contribution >= 4 is 17.1 Å². The van der Waals surface area contributed by atoms with Crippen molar-refractivity contribution in [1.29, 1.82) is 0 Å². The summed E-state index contributed by atoms with van der Waals surface area (Å²) in [5.74, 6) is 0. The first-order chi connectivity index (χ1) is 7.49. The van der Waals surface area contributed by atoms with Gasteiger partial charge in [-0.2, -0.15) is 0 Å². The Labute approximate surface area is 94.8 Å². The first-order valence-electron chi connectivity index (χ1n) is 5.33. The molecular formula is C11H18N3O2+. The lowest BCUT2D eigenvalue weighted by Gasteiger charge is -2.10. The molecule has 0 aliphatic heterocycles. The number of benzene rings is 1. The van der Waals surface area contributed by atoms with Gasteiger partial charge in [0.25, 0.3) is 5.69 Å². The zero-order chi connectivity index (χ0) is 12.3. The van der Waals surface area contributed by atoms with Crippen LogP contribution in [0.1, 0.15) is 24.5 Å². The lowest BCUT2D eigenvalue weighted by atomic mass is 10.0. The van der Waals surface area contributed by atoms with Gasteiger partial charge in [-0.3, -0.25) is 10.1 Å². The highest BCUT2D eigenvalue weighted by Gasteiger charge is 2.21. The quantitative estimate of drug-likeness (QED) is 0.605. The van der Waals surface area contributed by atoms with E-state index in [1.165, 1.54) is 0 Å². The fourth-order valence-corrected chi connectivity index (χ4v) is 1.56. The van der Waals surface area contributed by atoms with Gasteiger partial charge in [-0.05, 0) is 25.8 Å². The highest BCUT2D eigenvalue weighted by atomic mass is 16.6. The van der Waals surface area contributed by atoms with Gasteiger partial charge in [0.05, 0.1) is 4.92 Å². The summed E-state index contributed by atoms with van der Waals surface area (Å²) in [6.45, 7) is 6.52. The Morgan fingerprint density at radius 2 is 2.12 bits per heavy atom. The predicted molar refractivity (Wildman–Crippen MR) is 63.9 cm³/mol. The number of hydrogen-bond donors (Lipinski definition) is 2. The number of nitrogens with zero attached hydrogens (tertiary/aromatic N) is 1. The Morgan fingerprint density at radius 1 is 1.50 bits per heavy atom. The number of anilines is 1. The number of rotatable bonds is 4. The van der Waals surface area contributed by atoms with E-state index in [4.69, 9.17) is 0 Å². The molecule has 0 spiro atoms. The second kappa shape index (κ2) is 4.94. The van der Waals surface area contributed by atoms with Crippen molar-refractivity contribution < 1.29 is 10.7 Å². The summed E-state index contributed by atoms with van der Waals surface area (Å²) in [4.78, 5) is 10.6. The van der Waals surface area contributed by atoms with E-state index in [0.717, 1.165) is 23.2 Å². The Kier molecular flexibility index (Phi) is 3.84. The van der Waals surface area contributed by atoms with Gasteiger partial charge < -0.3 is 11.1 Å². The van der Waals surface area contributed by atoms with E-state index < -0.39 is 0 Å². The zero-order valence-corrected chi connectivity index (χ0v) is 9.96. The summed E-state index contributed by atoms with van der Waals surface area (Å²) < 4.78 is 0. The molecule has 0 heterocycles. The topological polar surface area (TPSA) is 82.8 Å². The number of quaternary nitrogens is 1. The Hall–Kier alpha value is -1.62. The minimum atomic E-state index is -0.362. The van der Waals surface area contributed by atoms with Crippen LogP contribution in [-0.4, -0.2) is 11.5 Å². The summed E-state index contributed by atoms with van der Waals surface area (Å²) >= 11 is 0. The molecule has 1 aromatic carbocycles. The van der Waals surface area contributed by atoms with Crippen LogP contribution in [0.5, 0.6) is 0 Å². The number of nitro groups is 1. The largest absolute Gasteiger partial charge is 0.375 e. The number of hydrogen-bond acceptors (Lipinski definition) is 3. The lowest BCUT2D eigenvalue weighted by Crippen LogP contribution is -2.42. The van der Waals surface area contributed by atoms with Gasteiger partial charge in [0, 0.05) is 18.2 Å². The molecule has 0 unspecified atom stereocenters. The van der Waals surface area contributed by atoms with Gasteiger partial charge in [0.2, 0.25) is 0 Å². The van der Waals surface area contributed by atoms with Gasteiger partial charge >= 0.3 is 0 Å². The van der Waals surface area contributed by atoms with Crippen LogP contribution in [0.4, 0.5) is 17.1 Å². The Balaban J connectivity index is 3.30. The first-order valence-corrected chi connectivity index (χ1v) is 5.33. The van der Waals surface area contributed by atoms with Crippen LogP contribution in [-0.2, 0) is 0 Å². The summed E-state index contributed by atoms with van der Waals surface area (Å²) in [6.07, 6.45) is 0.920. The van der Waals surface area contributed by atoms with Crippen molar-refractivity contribution in [3.8, 4) is 0 Å². The smallest absolute Gasteiger partial charge is 0.298 e.